The van der Waals surface area contributed by atoms with E-state index >= 15 is 0 Å². The van der Waals surface area contributed by atoms with Crippen LogP contribution in [0.15, 0.2) is 48.7 Å². The van der Waals surface area contributed by atoms with Crippen LogP contribution in [0.4, 0.5) is 24.5 Å². The number of nitriles is 1. The van der Waals surface area contributed by atoms with Gasteiger partial charge in [-0.1, -0.05) is 0 Å². The second kappa shape index (κ2) is 9.02. The third-order valence-electron chi connectivity index (χ3n) is 5.31. The lowest BCUT2D eigenvalue weighted by molar-refractivity contribution is -0.274. The van der Waals surface area contributed by atoms with Gasteiger partial charge in [0.2, 0.25) is 0 Å². The molecule has 0 saturated heterocycles. The number of nitrogens with zero attached hydrogens (tertiary/aromatic N) is 4. The van der Waals surface area contributed by atoms with Crippen molar-refractivity contribution in [3.8, 4) is 17.6 Å². The van der Waals surface area contributed by atoms with Crippen molar-refractivity contribution in [1.82, 2.24) is 9.78 Å². The molecule has 0 radical (unpaired) electrons. The standard InChI is InChI=1S/C23H18F3N5O4/c1-13-12-30-20(22(33)31(13)16-4-6-17(7-5-16)35-23(24,25)26)18(11-28-30)21(32)29-15-3-8-19(34-2)14(9-15)10-27/h3-9,11,13H,12H2,1-2H3,(H,29,32). The van der Waals surface area contributed by atoms with Gasteiger partial charge in [-0.2, -0.15) is 10.4 Å². The Morgan fingerprint density at radius 2 is 1.94 bits per heavy atom. The van der Waals surface area contributed by atoms with Crippen LogP contribution < -0.4 is 19.7 Å². The van der Waals surface area contributed by atoms with Gasteiger partial charge >= 0.3 is 6.36 Å². The van der Waals surface area contributed by atoms with Gasteiger partial charge in [0.1, 0.15) is 23.3 Å². The molecule has 2 amide bonds. The Kier molecular flexibility index (Phi) is 6.09. The number of rotatable bonds is 5. The molecule has 1 aliphatic rings. The fourth-order valence-electron chi connectivity index (χ4n) is 3.81. The normalized spacial score (nSPS) is 15.3. The largest absolute Gasteiger partial charge is 0.573 e. The fourth-order valence-corrected chi connectivity index (χ4v) is 3.81. The number of halogens is 3. The second-order valence-electron chi connectivity index (χ2n) is 7.64. The van der Waals surface area contributed by atoms with E-state index in [9.17, 15) is 28.0 Å². The molecule has 1 atom stereocenters. The molecular formula is C23H18F3N5O4. The van der Waals surface area contributed by atoms with Crippen molar-refractivity contribution in [3.05, 3.63) is 65.5 Å². The van der Waals surface area contributed by atoms with E-state index in [0.29, 0.717) is 17.1 Å². The monoisotopic (exact) mass is 485 g/mol. The summed E-state index contributed by atoms with van der Waals surface area (Å²) in [5.74, 6) is -1.22. The molecule has 2 heterocycles. The molecule has 35 heavy (non-hydrogen) atoms. The van der Waals surface area contributed by atoms with Crippen molar-refractivity contribution < 1.29 is 32.2 Å². The van der Waals surface area contributed by atoms with E-state index in [1.165, 1.54) is 47.2 Å². The molecule has 1 unspecified atom stereocenters. The average molecular weight is 485 g/mol. The van der Waals surface area contributed by atoms with Crippen molar-refractivity contribution in [3.63, 3.8) is 0 Å². The van der Waals surface area contributed by atoms with Crippen LogP contribution in [0.25, 0.3) is 0 Å². The molecule has 4 rings (SSSR count). The number of amides is 2. The van der Waals surface area contributed by atoms with Gasteiger partial charge in [-0.3, -0.25) is 14.3 Å². The number of hydrogen-bond donors (Lipinski definition) is 1. The van der Waals surface area contributed by atoms with Gasteiger partial charge in [-0.05, 0) is 49.4 Å². The number of methoxy groups -OCH3 is 1. The van der Waals surface area contributed by atoms with Crippen molar-refractivity contribution >= 4 is 23.2 Å². The lowest BCUT2D eigenvalue weighted by Crippen LogP contribution is -2.47. The Labute approximate surface area is 197 Å². The highest BCUT2D eigenvalue weighted by Crippen LogP contribution is 2.30. The number of carbonyl (C=O) groups excluding carboxylic acids is 2. The molecule has 3 aromatic rings. The minimum Gasteiger partial charge on any atom is -0.495 e. The summed E-state index contributed by atoms with van der Waals surface area (Å²) in [5.41, 5.74) is 0.922. The van der Waals surface area contributed by atoms with E-state index in [-0.39, 0.29) is 29.4 Å². The van der Waals surface area contributed by atoms with Crippen molar-refractivity contribution in [2.24, 2.45) is 0 Å². The third-order valence-corrected chi connectivity index (χ3v) is 5.31. The number of alkyl halides is 3. The van der Waals surface area contributed by atoms with Gasteiger partial charge < -0.3 is 19.7 Å². The molecule has 0 bridgehead atoms. The van der Waals surface area contributed by atoms with Crippen LogP contribution in [0.5, 0.6) is 11.5 Å². The highest BCUT2D eigenvalue weighted by Gasteiger charge is 2.36. The number of ether oxygens (including phenoxy) is 2. The number of anilines is 2. The van der Waals surface area contributed by atoms with Crippen LogP contribution in [0.1, 0.15) is 33.3 Å². The second-order valence-corrected chi connectivity index (χ2v) is 7.64. The first-order valence-corrected chi connectivity index (χ1v) is 10.3. The maximum atomic E-state index is 13.4. The average Bonchev–Trinajstić information content (AvgIpc) is 3.23. The summed E-state index contributed by atoms with van der Waals surface area (Å²) in [7, 11) is 1.42. The van der Waals surface area contributed by atoms with E-state index in [2.05, 4.69) is 15.2 Å². The summed E-state index contributed by atoms with van der Waals surface area (Å²) in [6.45, 7) is 2.01. The molecular weight excluding hydrogens is 467 g/mol. The molecule has 0 saturated carbocycles. The maximum Gasteiger partial charge on any atom is 0.573 e. The van der Waals surface area contributed by atoms with Gasteiger partial charge in [0, 0.05) is 11.4 Å². The molecule has 0 aliphatic carbocycles. The smallest absolute Gasteiger partial charge is 0.495 e. The number of fused-ring (bicyclic) bond motifs is 1. The predicted molar refractivity (Wildman–Crippen MR) is 117 cm³/mol. The van der Waals surface area contributed by atoms with E-state index in [4.69, 9.17) is 4.74 Å². The molecule has 12 heteroatoms. The van der Waals surface area contributed by atoms with Gasteiger partial charge in [0.05, 0.1) is 37.0 Å². The van der Waals surface area contributed by atoms with E-state index < -0.39 is 23.9 Å². The van der Waals surface area contributed by atoms with Gasteiger partial charge in [0.25, 0.3) is 11.8 Å². The molecule has 2 aromatic carbocycles. The topological polar surface area (TPSA) is 109 Å². The number of hydrogen-bond acceptors (Lipinski definition) is 6. The van der Waals surface area contributed by atoms with Crippen molar-refractivity contribution in [2.75, 3.05) is 17.3 Å². The molecule has 9 nitrogen and oxygen atoms in total. The summed E-state index contributed by atoms with van der Waals surface area (Å²) in [4.78, 5) is 27.7. The van der Waals surface area contributed by atoms with Gasteiger partial charge in [0.15, 0.2) is 0 Å². The van der Waals surface area contributed by atoms with Crippen molar-refractivity contribution in [1.29, 1.82) is 5.26 Å². The van der Waals surface area contributed by atoms with Gasteiger partial charge in [-0.15, -0.1) is 13.2 Å². The summed E-state index contributed by atoms with van der Waals surface area (Å²) >= 11 is 0. The number of aromatic nitrogens is 2. The third kappa shape index (κ3) is 4.74. The summed E-state index contributed by atoms with van der Waals surface area (Å²) in [5, 5.41) is 16.0. The Morgan fingerprint density at radius 3 is 2.57 bits per heavy atom. The summed E-state index contributed by atoms with van der Waals surface area (Å²) < 4.78 is 47.7. The Bertz CT molecular complexity index is 1330. The van der Waals surface area contributed by atoms with Crippen LogP contribution in [-0.2, 0) is 6.54 Å². The van der Waals surface area contributed by atoms with Gasteiger partial charge in [-0.25, -0.2) is 0 Å². The van der Waals surface area contributed by atoms with Crippen molar-refractivity contribution in [2.45, 2.75) is 25.9 Å². The summed E-state index contributed by atoms with van der Waals surface area (Å²) in [6.07, 6.45) is -3.56. The number of benzene rings is 2. The lowest BCUT2D eigenvalue weighted by Gasteiger charge is -2.34. The molecule has 1 aromatic heterocycles. The van der Waals surface area contributed by atoms with Crippen LogP contribution in [0.3, 0.4) is 0 Å². The molecule has 1 aliphatic heterocycles. The Morgan fingerprint density at radius 1 is 1.23 bits per heavy atom. The minimum atomic E-state index is -4.83. The molecule has 0 spiro atoms. The first-order chi connectivity index (χ1) is 16.6. The first kappa shape index (κ1) is 23.6. The minimum absolute atomic E-state index is 0.0123. The highest BCUT2D eigenvalue weighted by molar-refractivity contribution is 6.15. The number of carbonyl (C=O) groups is 2. The predicted octanol–water partition coefficient (Wildman–Crippen LogP) is 3.96. The molecule has 180 valence electrons. The first-order valence-electron chi connectivity index (χ1n) is 10.3. The van der Waals surface area contributed by atoms with Crippen LogP contribution in [-0.4, -0.2) is 41.1 Å². The van der Waals surface area contributed by atoms with Crippen LogP contribution >= 0.6 is 0 Å². The van der Waals surface area contributed by atoms with Crippen LogP contribution in [0, 0.1) is 11.3 Å². The highest BCUT2D eigenvalue weighted by atomic mass is 19.4. The quantitative estimate of drug-likeness (QED) is 0.586. The fraction of sp³-hybridized carbons (Fsp3) is 0.217. The Balaban J connectivity index is 1.60. The zero-order valence-electron chi connectivity index (χ0n) is 18.5. The van der Waals surface area contributed by atoms with E-state index in [0.717, 1.165) is 12.1 Å². The van der Waals surface area contributed by atoms with E-state index in [1.807, 2.05) is 6.07 Å². The molecule has 1 N–H and O–H groups in total. The zero-order chi connectivity index (χ0) is 25.3. The number of nitrogens with one attached hydrogen (secondary N) is 1. The zero-order valence-corrected chi connectivity index (χ0v) is 18.5. The Hall–Kier alpha value is -4.53. The SMILES string of the molecule is COc1ccc(NC(=O)c2cnn3c2C(=O)N(c2ccc(OC(F)(F)F)cc2)C(C)C3)cc1C#N. The van der Waals surface area contributed by atoms with E-state index in [1.54, 1.807) is 13.0 Å². The maximum absolute atomic E-state index is 13.4. The lowest BCUT2D eigenvalue weighted by atomic mass is 10.1. The van der Waals surface area contributed by atoms with Crippen LogP contribution in [0.2, 0.25) is 0 Å². The molecule has 0 fully saturated rings. The summed E-state index contributed by atoms with van der Waals surface area (Å²) in [6, 6.07) is 11.0.